The zero-order chi connectivity index (χ0) is 14.2. The van der Waals surface area contributed by atoms with Crippen molar-refractivity contribution in [2.24, 2.45) is 0 Å². The van der Waals surface area contributed by atoms with Crippen molar-refractivity contribution in [2.75, 3.05) is 13.2 Å². The van der Waals surface area contributed by atoms with Crippen LogP contribution in [0, 0.1) is 5.82 Å². The lowest BCUT2D eigenvalue weighted by Gasteiger charge is -2.09. The summed E-state index contributed by atoms with van der Waals surface area (Å²) in [5.74, 6) is -0.0299. The van der Waals surface area contributed by atoms with Crippen LogP contribution in [0.5, 0.6) is 5.75 Å². The molecule has 108 valence electrons. The molecule has 20 heavy (non-hydrogen) atoms. The van der Waals surface area contributed by atoms with Gasteiger partial charge in [0.25, 0.3) is 0 Å². The molecule has 0 bridgehead atoms. The fourth-order valence-electron chi connectivity index (χ4n) is 1.86. The van der Waals surface area contributed by atoms with Crippen molar-refractivity contribution in [3.63, 3.8) is 0 Å². The van der Waals surface area contributed by atoms with Gasteiger partial charge in [-0.05, 0) is 36.7 Å². The molecular weight excluding hydrogens is 257 g/mol. The Kier molecular flexibility index (Phi) is 5.55. The third kappa shape index (κ3) is 4.35. The first-order chi connectivity index (χ1) is 9.79. The Bertz CT molecular complexity index is 514. The minimum Gasteiger partial charge on any atom is -0.489 e. The number of rotatable bonds is 8. The molecule has 4 nitrogen and oxygen atoms in total. The first-order valence-electron chi connectivity index (χ1n) is 6.89. The molecule has 2 aromatic rings. The summed E-state index contributed by atoms with van der Waals surface area (Å²) in [6.07, 6.45) is 4.62. The first kappa shape index (κ1) is 14.5. The predicted molar refractivity (Wildman–Crippen MR) is 76.1 cm³/mol. The van der Waals surface area contributed by atoms with E-state index >= 15 is 0 Å². The van der Waals surface area contributed by atoms with Crippen LogP contribution in [0.2, 0.25) is 0 Å². The third-order valence-corrected chi connectivity index (χ3v) is 2.89. The highest BCUT2D eigenvalue weighted by molar-refractivity contribution is 5.29. The standard InChI is InChI=1S/C15H20FN3O/c1-2-6-17-12-13-4-5-15(14(16)11-13)20-10-9-19-8-3-7-18-19/h3-5,7-8,11,17H,2,6,9-10,12H2,1H3. The summed E-state index contributed by atoms with van der Waals surface area (Å²) in [5, 5.41) is 7.30. The molecule has 0 amide bonds. The van der Waals surface area contributed by atoms with Gasteiger partial charge in [0.05, 0.1) is 6.54 Å². The maximum atomic E-state index is 13.8. The number of hydrogen-bond donors (Lipinski definition) is 1. The molecule has 1 N–H and O–H groups in total. The normalized spacial score (nSPS) is 10.7. The summed E-state index contributed by atoms with van der Waals surface area (Å²) in [6, 6.07) is 6.93. The van der Waals surface area contributed by atoms with Crippen molar-refractivity contribution in [2.45, 2.75) is 26.4 Å². The lowest BCUT2D eigenvalue weighted by Crippen LogP contribution is -2.14. The van der Waals surface area contributed by atoms with E-state index in [0.29, 0.717) is 19.7 Å². The van der Waals surface area contributed by atoms with Crippen LogP contribution in [0.3, 0.4) is 0 Å². The van der Waals surface area contributed by atoms with Crippen molar-refractivity contribution < 1.29 is 9.13 Å². The van der Waals surface area contributed by atoms with E-state index in [4.69, 9.17) is 4.74 Å². The fraction of sp³-hybridized carbons (Fsp3) is 0.400. The van der Waals surface area contributed by atoms with Crippen molar-refractivity contribution in [1.82, 2.24) is 15.1 Å². The van der Waals surface area contributed by atoms with E-state index in [9.17, 15) is 4.39 Å². The lowest BCUT2D eigenvalue weighted by atomic mass is 10.2. The molecular formula is C15H20FN3O. The van der Waals surface area contributed by atoms with Crippen molar-refractivity contribution >= 4 is 0 Å². The molecule has 0 aliphatic rings. The molecule has 0 saturated carbocycles. The molecule has 0 fully saturated rings. The summed E-state index contributed by atoms with van der Waals surface area (Å²) >= 11 is 0. The Hall–Kier alpha value is -1.88. The minimum absolute atomic E-state index is 0.288. The number of benzene rings is 1. The maximum absolute atomic E-state index is 13.8. The van der Waals surface area contributed by atoms with Crippen LogP contribution in [0.4, 0.5) is 4.39 Å². The van der Waals surface area contributed by atoms with E-state index in [1.165, 1.54) is 6.07 Å². The molecule has 0 aliphatic heterocycles. The Morgan fingerprint density at radius 3 is 3.00 bits per heavy atom. The van der Waals surface area contributed by atoms with Gasteiger partial charge < -0.3 is 10.1 Å². The highest BCUT2D eigenvalue weighted by atomic mass is 19.1. The number of nitrogens with one attached hydrogen (secondary N) is 1. The highest BCUT2D eigenvalue weighted by Crippen LogP contribution is 2.18. The summed E-state index contributed by atoms with van der Waals surface area (Å²) in [7, 11) is 0. The topological polar surface area (TPSA) is 39.1 Å². The van der Waals surface area contributed by atoms with Gasteiger partial charge in [0.15, 0.2) is 11.6 Å². The Morgan fingerprint density at radius 1 is 1.40 bits per heavy atom. The number of hydrogen-bond acceptors (Lipinski definition) is 3. The quantitative estimate of drug-likeness (QED) is 0.754. The second-order valence-electron chi connectivity index (χ2n) is 4.56. The summed E-state index contributed by atoms with van der Waals surface area (Å²) in [5.41, 5.74) is 0.926. The van der Waals surface area contributed by atoms with Gasteiger partial charge in [0.2, 0.25) is 0 Å². The van der Waals surface area contributed by atoms with E-state index < -0.39 is 0 Å². The van der Waals surface area contributed by atoms with Gasteiger partial charge in [-0.25, -0.2) is 4.39 Å². The Balaban J connectivity index is 1.82. The largest absolute Gasteiger partial charge is 0.489 e. The van der Waals surface area contributed by atoms with Gasteiger partial charge >= 0.3 is 0 Å². The predicted octanol–water partition coefficient (Wildman–Crippen LogP) is 2.60. The van der Waals surface area contributed by atoms with Gasteiger partial charge in [0, 0.05) is 18.9 Å². The van der Waals surface area contributed by atoms with Crippen LogP contribution in [0.25, 0.3) is 0 Å². The van der Waals surface area contributed by atoms with E-state index in [-0.39, 0.29) is 11.6 Å². The van der Waals surface area contributed by atoms with Crippen LogP contribution in [-0.2, 0) is 13.1 Å². The van der Waals surface area contributed by atoms with E-state index in [1.807, 2.05) is 18.3 Å². The molecule has 5 heteroatoms. The van der Waals surface area contributed by atoms with Crippen LogP contribution >= 0.6 is 0 Å². The van der Waals surface area contributed by atoms with Gasteiger partial charge in [-0.3, -0.25) is 4.68 Å². The van der Waals surface area contributed by atoms with E-state index in [0.717, 1.165) is 18.5 Å². The SMILES string of the molecule is CCCNCc1ccc(OCCn2cccn2)c(F)c1. The average molecular weight is 277 g/mol. The van der Waals surface area contributed by atoms with Gasteiger partial charge in [0.1, 0.15) is 6.61 Å². The Morgan fingerprint density at radius 2 is 2.30 bits per heavy atom. The van der Waals surface area contributed by atoms with Crippen LogP contribution in [-0.4, -0.2) is 22.9 Å². The monoisotopic (exact) mass is 277 g/mol. The van der Waals surface area contributed by atoms with Crippen LogP contribution in [0.1, 0.15) is 18.9 Å². The van der Waals surface area contributed by atoms with Gasteiger partial charge in [-0.1, -0.05) is 13.0 Å². The van der Waals surface area contributed by atoms with Crippen molar-refractivity contribution in [3.05, 3.63) is 48.0 Å². The molecule has 0 unspecified atom stereocenters. The maximum Gasteiger partial charge on any atom is 0.165 e. The highest BCUT2D eigenvalue weighted by Gasteiger charge is 2.05. The number of nitrogens with zero attached hydrogens (tertiary/aromatic N) is 2. The van der Waals surface area contributed by atoms with Crippen LogP contribution in [0.15, 0.2) is 36.7 Å². The lowest BCUT2D eigenvalue weighted by molar-refractivity contribution is 0.278. The van der Waals surface area contributed by atoms with E-state index in [2.05, 4.69) is 17.3 Å². The third-order valence-electron chi connectivity index (χ3n) is 2.89. The van der Waals surface area contributed by atoms with Crippen molar-refractivity contribution in [3.8, 4) is 5.75 Å². The zero-order valence-corrected chi connectivity index (χ0v) is 11.7. The minimum atomic E-state index is -0.318. The van der Waals surface area contributed by atoms with Gasteiger partial charge in [-0.2, -0.15) is 5.10 Å². The number of halogens is 1. The van der Waals surface area contributed by atoms with E-state index in [1.54, 1.807) is 16.9 Å². The molecule has 0 aliphatic carbocycles. The van der Waals surface area contributed by atoms with Crippen molar-refractivity contribution in [1.29, 1.82) is 0 Å². The summed E-state index contributed by atoms with van der Waals surface area (Å²) in [4.78, 5) is 0. The zero-order valence-electron chi connectivity index (χ0n) is 11.7. The van der Waals surface area contributed by atoms with Gasteiger partial charge in [-0.15, -0.1) is 0 Å². The molecule has 0 radical (unpaired) electrons. The number of aromatic nitrogens is 2. The Labute approximate surface area is 118 Å². The second-order valence-corrected chi connectivity index (χ2v) is 4.56. The summed E-state index contributed by atoms with van der Waals surface area (Å²) < 4.78 is 21.0. The number of ether oxygens (including phenoxy) is 1. The molecule has 1 aromatic heterocycles. The molecule has 0 saturated heterocycles. The van der Waals surface area contributed by atoms with Crippen LogP contribution < -0.4 is 10.1 Å². The molecule has 0 atom stereocenters. The molecule has 1 heterocycles. The molecule has 2 rings (SSSR count). The molecule has 1 aromatic carbocycles. The molecule has 0 spiro atoms. The summed E-state index contributed by atoms with van der Waals surface area (Å²) in [6.45, 7) is 4.71. The smallest absolute Gasteiger partial charge is 0.165 e. The fourth-order valence-corrected chi connectivity index (χ4v) is 1.86. The first-order valence-corrected chi connectivity index (χ1v) is 6.89. The second kappa shape index (κ2) is 7.65. The average Bonchev–Trinajstić information content (AvgIpc) is 2.95.